The van der Waals surface area contributed by atoms with Crippen LogP contribution in [0.25, 0.3) is 16.7 Å². The molecule has 4 rings (SSSR count). The standard InChI is InChI=1S/C23H23FN6O/c1-14-7-8-20(15(2)11-14)30-22-19(13-27-30)21(28-16(3)29-22)25-9-10-26-23(31)17-5-4-6-18(24)12-17/h4-8,11-13H,9-10H2,1-3H3,(H,26,31)(H,25,28,29). The second kappa shape index (κ2) is 8.51. The van der Waals surface area contributed by atoms with Crippen molar-refractivity contribution in [2.24, 2.45) is 0 Å². The summed E-state index contributed by atoms with van der Waals surface area (Å²) in [7, 11) is 0. The summed E-state index contributed by atoms with van der Waals surface area (Å²) in [5.74, 6) is 0.502. The summed E-state index contributed by atoms with van der Waals surface area (Å²) in [4.78, 5) is 21.2. The number of carbonyl (C=O) groups is 1. The molecule has 0 saturated carbocycles. The van der Waals surface area contributed by atoms with E-state index in [-0.39, 0.29) is 11.5 Å². The maximum absolute atomic E-state index is 13.3. The van der Waals surface area contributed by atoms with Gasteiger partial charge in [-0.05, 0) is 50.6 Å². The molecule has 0 bridgehead atoms. The lowest BCUT2D eigenvalue weighted by atomic mass is 10.1. The van der Waals surface area contributed by atoms with E-state index < -0.39 is 5.82 Å². The van der Waals surface area contributed by atoms with Gasteiger partial charge >= 0.3 is 0 Å². The van der Waals surface area contributed by atoms with Gasteiger partial charge in [0.2, 0.25) is 0 Å². The second-order valence-corrected chi connectivity index (χ2v) is 7.40. The Hall–Kier alpha value is -3.81. The minimum absolute atomic E-state index is 0.287. The van der Waals surface area contributed by atoms with E-state index >= 15 is 0 Å². The number of fused-ring (bicyclic) bond motifs is 1. The molecule has 4 aromatic rings. The third kappa shape index (κ3) is 4.37. The zero-order chi connectivity index (χ0) is 22.0. The molecule has 0 unspecified atom stereocenters. The molecule has 0 saturated heterocycles. The topological polar surface area (TPSA) is 84.7 Å². The number of nitrogens with zero attached hydrogens (tertiary/aromatic N) is 4. The van der Waals surface area contributed by atoms with Gasteiger partial charge in [0.05, 0.1) is 17.3 Å². The van der Waals surface area contributed by atoms with E-state index in [1.165, 1.54) is 23.8 Å². The summed E-state index contributed by atoms with van der Waals surface area (Å²) in [6.07, 6.45) is 1.74. The van der Waals surface area contributed by atoms with E-state index in [4.69, 9.17) is 0 Å². The molecule has 2 aromatic carbocycles. The van der Waals surface area contributed by atoms with Gasteiger partial charge in [0.15, 0.2) is 5.65 Å². The maximum Gasteiger partial charge on any atom is 0.251 e. The van der Waals surface area contributed by atoms with Crippen molar-refractivity contribution in [3.8, 4) is 5.69 Å². The van der Waals surface area contributed by atoms with Gasteiger partial charge in [0, 0.05) is 18.7 Å². The first-order valence-electron chi connectivity index (χ1n) is 10.00. The Bertz CT molecular complexity index is 1270. The number of hydrogen-bond acceptors (Lipinski definition) is 5. The average molecular weight is 418 g/mol. The van der Waals surface area contributed by atoms with Gasteiger partial charge in [-0.25, -0.2) is 19.0 Å². The van der Waals surface area contributed by atoms with Crippen LogP contribution in [-0.4, -0.2) is 38.7 Å². The Labute approximate surface area is 179 Å². The Morgan fingerprint density at radius 1 is 1.06 bits per heavy atom. The van der Waals surface area contributed by atoms with Crippen molar-refractivity contribution in [2.45, 2.75) is 20.8 Å². The fourth-order valence-electron chi connectivity index (χ4n) is 3.46. The Balaban J connectivity index is 1.49. The summed E-state index contributed by atoms with van der Waals surface area (Å²) in [6.45, 7) is 6.73. The number of aromatic nitrogens is 4. The van der Waals surface area contributed by atoms with Crippen LogP contribution in [0, 0.1) is 26.6 Å². The average Bonchev–Trinajstić information content (AvgIpc) is 3.14. The smallest absolute Gasteiger partial charge is 0.251 e. The fraction of sp³-hybridized carbons (Fsp3) is 0.217. The number of rotatable bonds is 6. The first-order chi connectivity index (χ1) is 14.9. The summed E-state index contributed by atoms with van der Waals surface area (Å²) in [5.41, 5.74) is 4.26. The molecule has 0 radical (unpaired) electrons. The van der Waals surface area contributed by atoms with E-state index in [1.807, 2.05) is 30.7 Å². The molecule has 2 aromatic heterocycles. The molecular formula is C23H23FN6O. The molecule has 31 heavy (non-hydrogen) atoms. The van der Waals surface area contributed by atoms with E-state index in [0.29, 0.717) is 30.4 Å². The number of hydrogen-bond donors (Lipinski definition) is 2. The minimum Gasteiger partial charge on any atom is -0.368 e. The maximum atomic E-state index is 13.3. The molecule has 0 atom stereocenters. The van der Waals surface area contributed by atoms with Crippen molar-refractivity contribution in [2.75, 3.05) is 18.4 Å². The van der Waals surface area contributed by atoms with E-state index in [2.05, 4.69) is 38.7 Å². The number of aryl methyl sites for hydroxylation is 3. The first-order valence-corrected chi connectivity index (χ1v) is 10.00. The molecule has 1 amide bonds. The van der Waals surface area contributed by atoms with E-state index in [0.717, 1.165) is 16.6 Å². The molecule has 7 nitrogen and oxygen atoms in total. The van der Waals surface area contributed by atoms with Gasteiger partial charge in [-0.2, -0.15) is 5.10 Å². The highest BCUT2D eigenvalue weighted by atomic mass is 19.1. The largest absolute Gasteiger partial charge is 0.368 e. The van der Waals surface area contributed by atoms with Crippen LogP contribution in [0.1, 0.15) is 27.3 Å². The number of amides is 1. The van der Waals surface area contributed by atoms with Crippen molar-refractivity contribution in [3.63, 3.8) is 0 Å². The van der Waals surface area contributed by atoms with Crippen LogP contribution in [0.3, 0.4) is 0 Å². The molecule has 2 N–H and O–H groups in total. The number of halogens is 1. The molecular weight excluding hydrogens is 395 g/mol. The number of benzene rings is 2. The van der Waals surface area contributed by atoms with Gasteiger partial charge in [-0.15, -0.1) is 0 Å². The minimum atomic E-state index is -0.439. The SMILES string of the molecule is Cc1ccc(-n2ncc3c(NCCNC(=O)c4cccc(F)c4)nc(C)nc32)c(C)c1. The van der Waals surface area contributed by atoms with Crippen molar-refractivity contribution < 1.29 is 9.18 Å². The summed E-state index contributed by atoms with van der Waals surface area (Å²) >= 11 is 0. The highest BCUT2D eigenvalue weighted by Crippen LogP contribution is 2.24. The molecule has 8 heteroatoms. The van der Waals surface area contributed by atoms with Gasteiger partial charge in [-0.3, -0.25) is 4.79 Å². The molecule has 158 valence electrons. The summed E-state index contributed by atoms with van der Waals surface area (Å²) in [6, 6.07) is 11.8. The molecule has 0 aliphatic rings. The van der Waals surface area contributed by atoms with Crippen molar-refractivity contribution in [1.82, 2.24) is 25.1 Å². The Kier molecular flexibility index (Phi) is 5.62. The van der Waals surface area contributed by atoms with Crippen molar-refractivity contribution in [1.29, 1.82) is 0 Å². The zero-order valence-electron chi connectivity index (χ0n) is 17.6. The fourth-order valence-corrected chi connectivity index (χ4v) is 3.46. The molecule has 0 spiro atoms. The van der Waals surface area contributed by atoms with Crippen LogP contribution in [0.5, 0.6) is 0 Å². The number of carbonyl (C=O) groups excluding carboxylic acids is 1. The summed E-state index contributed by atoms with van der Waals surface area (Å²) < 4.78 is 15.1. The van der Waals surface area contributed by atoms with Gasteiger partial charge in [-0.1, -0.05) is 23.8 Å². The second-order valence-electron chi connectivity index (χ2n) is 7.40. The van der Waals surface area contributed by atoms with Crippen molar-refractivity contribution in [3.05, 3.63) is 77.0 Å². The van der Waals surface area contributed by atoms with Gasteiger partial charge in [0.1, 0.15) is 17.5 Å². The molecule has 0 aliphatic heterocycles. The van der Waals surface area contributed by atoms with E-state index in [1.54, 1.807) is 12.3 Å². The quantitative estimate of drug-likeness (QED) is 0.466. The highest BCUT2D eigenvalue weighted by Gasteiger charge is 2.14. The van der Waals surface area contributed by atoms with Crippen LogP contribution < -0.4 is 10.6 Å². The number of anilines is 1. The van der Waals surface area contributed by atoms with Crippen LogP contribution >= 0.6 is 0 Å². The number of nitrogens with one attached hydrogen (secondary N) is 2. The molecule has 0 aliphatic carbocycles. The van der Waals surface area contributed by atoms with Crippen molar-refractivity contribution >= 4 is 22.8 Å². The predicted molar refractivity (Wildman–Crippen MR) is 118 cm³/mol. The van der Waals surface area contributed by atoms with Crippen LogP contribution in [0.4, 0.5) is 10.2 Å². The third-order valence-electron chi connectivity index (χ3n) is 4.91. The Morgan fingerprint density at radius 2 is 1.90 bits per heavy atom. The highest BCUT2D eigenvalue weighted by molar-refractivity contribution is 5.94. The third-order valence-corrected chi connectivity index (χ3v) is 4.91. The zero-order valence-corrected chi connectivity index (χ0v) is 17.6. The Morgan fingerprint density at radius 3 is 2.68 bits per heavy atom. The summed E-state index contributed by atoms with van der Waals surface area (Å²) in [5, 5.41) is 11.3. The predicted octanol–water partition coefficient (Wildman–Crippen LogP) is 3.72. The van der Waals surface area contributed by atoms with Crippen LogP contribution in [0.2, 0.25) is 0 Å². The van der Waals surface area contributed by atoms with Gasteiger partial charge in [0.25, 0.3) is 5.91 Å². The lowest BCUT2D eigenvalue weighted by Gasteiger charge is -2.11. The molecule has 2 heterocycles. The lowest BCUT2D eigenvalue weighted by Crippen LogP contribution is -2.29. The van der Waals surface area contributed by atoms with Gasteiger partial charge < -0.3 is 10.6 Å². The first kappa shape index (κ1) is 20.5. The molecule has 0 fully saturated rings. The van der Waals surface area contributed by atoms with Crippen LogP contribution in [-0.2, 0) is 0 Å². The normalized spacial score (nSPS) is 11.0. The monoisotopic (exact) mass is 418 g/mol. The van der Waals surface area contributed by atoms with Crippen LogP contribution in [0.15, 0.2) is 48.7 Å². The lowest BCUT2D eigenvalue weighted by molar-refractivity contribution is 0.0954. The van der Waals surface area contributed by atoms with E-state index in [9.17, 15) is 9.18 Å².